The maximum Gasteiger partial charge on any atom is 0.199 e. The van der Waals surface area contributed by atoms with Crippen LogP contribution in [0.15, 0.2) is 41.3 Å². The van der Waals surface area contributed by atoms with Gasteiger partial charge < -0.3 is 4.42 Å². The van der Waals surface area contributed by atoms with Crippen molar-refractivity contribution < 1.29 is 4.42 Å². The van der Waals surface area contributed by atoms with Crippen LogP contribution in [-0.4, -0.2) is 9.97 Å². The molecule has 0 fully saturated rings. The Morgan fingerprint density at radius 1 is 1.17 bits per heavy atom. The molecule has 0 N–H and O–H groups in total. The maximum atomic E-state index is 5.09. The van der Waals surface area contributed by atoms with Gasteiger partial charge in [0.05, 0.1) is 12.6 Å². The van der Waals surface area contributed by atoms with Crippen LogP contribution < -0.4 is 0 Å². The lowest BCUT2D eigenvalue weighted by molar-refractivity contribution is 0.505. The Kier molecular flexibility index (Phi) is 1.86. The number of pyridine rings is 1. The SMILES string of the molecule is c1ccc(Cc2ncco2)nc1. The molecular formula is C9H8N2O. The lowest BCUT2D eigenvalue weighted by atomic mass is 10.3. The highest BCUT2D eigenvalue weighted by Gasteiger charge is 1.99. The van der Waals surface area contributed by atoms with Gasteiger partial charge in [0.2, 0.25) is 0 Å². The second-order valence-electron chi connectivity index (χ2n) is 2.42. The van der Waals surface area contributed by atoms with Crippen LogP contribution in [-0.2, 0) is 6.42 Å². The fourth-order valence-corrected chi connectivity index (χ4v) is 0.998. The van der Waals surface area contributed by atoms with Crippen LogP contribution in [0.3, 0.4) is 0 Å². The summed E-state index contributed by atoms with van der Waals surface area (Å²) < 4.78 is 5.09. The van der Waals surface area contributed by atoms with E-state index in [-0.39, 0.29) is 0 Å². The van der Waals surface area contributed by atoms with E-state index in [1.54, 1.807) is 18.7 Å². The van der Waals surface area contributed by atoms with Gasteiger partial charge in [-0.1, -0.05) is 6.07 Å². The van der Waals surface area contributed by atoms with Gasteiger partial charge in [-0.05, 0) is 12.1 Å². The molecule has 0 saturated heterocycles. The number of aromatic nitrogens is 2. The fraction of sp³-hybridized carbons (Fsp3) is 0.111. The Morgan fingerprint density at radius 3 is 2.83 bits per heavy atom. The van der Waals surface area contributed by atoms with Gasteiger partial charge in [-0.15, -0.1) is 0 Å². The highest BCUT2D eigenvalue weighted by Crippen LogP contribution is 2.02. The molecule has 12 heavy (non-hydrogen) atoms. The second kappa shape index (κ2) is 3.17. The molecule has 2 aromatic heterocycles. The molecule has 2 heterocycles. The number of rotatable bonds is 2. The minimum Gasteiger partial charge on any atom is -0.449 e. The molecular weight excluding hydrogens is 152 g/mol. The van der Waals surface area contributed by atoms with Crippen molar-refractivity contribution in [3.05, 3.63) is 48.4 Å². The number of oxazole rings is 1. The summed E-state index contributed by atoms with van der Waals surface area (Å²) in [5.74, 6) is 0.703. The Bertz CT molecular complexity index is 329. The van der Waals surface area contributed by atoms with E-state index in [2.05, 4.69) is 9.97 Å². The molecule has 0 spiro atoms. The van der Waals surface area contributed by atoms with Gasteiger partial charge >= 0.3 is 0 Å². The molecule has 0 radical (unpaired) electrons. The third kappa shape index (κ3) is 1.50. The van der Waals surface area contributed by atoms with Gasteiger partial charge in [0.1, 0.15) is 6.26 Å². The Balaban J connectivity index is 2.15. The van der Waals surface area contributed by atoms with Gasteiger partial charge in [-0.2, -0.15) is 0 Å². The summed E-state index contributed by atoms with van der Waals surface area (Å²) in [5.41, 5.74) is 0.972. The van der Waals surface area contributed by atoms with Crippen LogP contribution >= 0.6 is 0 Å². The first kappa shape index (κ1) is 7.03. The van der Waals surface area contributed by atoms with E-state index in [0.29, 0.717) is 12.3 Å². The third-order valence-electron chi connectivity index (χ3n) is 1.54. The molecule has 0 aliphatic heterocycles. The summed E-state index contributed by atoms with van der Waals surface area (Å²) in [5, 5.41) is 0. The normalized spacial score (nSPS) is 10.0. The van der Waals surface area contributed by atoms with Crippen molar-refractivity contribution in [2.24, 2.45) is 0 Å². The zero-order valence-corrected chi connectivity index (χ0v) is 6.47. The first-order valence-electron chi connectivity index (χ1n) is 3.73. The van der Waals surface area contributed by atoms with Gasteiger partial charge in [0.25, 0.3) is 0 Å². The topological polar surface area (TPSA) is 38.9 Å². The standard InChI is InChI=1S/C9H8N2O/c1-2-4-10-8(3-1)7-9-11-5-6-12-9/h1-6H,7H2. The van der Waals surface area contributed by atoms with E-state index >= 15 is 0 Å². The highest BCUT2D eigenvalue weighted by molar-refractivity contribution is 5.07. The third-order valence-corrected chi connectivity index (χ3v) is 1.54. The summed E-state index contributed by atoms with van der Waals surface area (Å²) in [6.45, 7) is 0. The quantitative estimate of drug-likeness (QED) is 0.670. The van der Waals surface area contributed by atoms with Gasteiger partial charge in [0, 0.05) is 11.9 Å². The molecule has 2 aromatic rings. The van der Waals surface area contributed by atoms with Crippen molar-refractivity contribution in [2.75, 3.05) is 0 Å². The molecule has 0 unspecified atom stereocenters. The molecule has 0 aromatic carbocycles. The van der Waals surface area contributed by atoms with Crippen molar-refractivity contribution in [1.82, 2.24) is 9.97 Å². The first-order chi connectivity index (χ1) is 5.95. The summed E-state index contributed by atoms with van der Waals surface area (Å²) in [7, 11) is 0. The van der Waals surface area contributed by atoms with Crippen LogP contribution in [0, 0.1) is 0 Å². The molecule has 0 aliphatic carbocycles. The summed E-state index contributed by atoms with van der Waals surface area (Å²) in [4.78, 5) is 8.16. The van der Waals surface area contributed by atoms with E-state index in [4.69, 9.17) is 4.42 Å². The van der Waals surface area contributed by atoms with Crippen LogP contribution in [0.5, 0.6) is 0 Å². The maximum absolute atomic E-state index is 5.09. The van der Waals surface area contributed by atoms with Crippen molar-refractivity contribution in [1.29, 1.82) is 0 Å². The lowest BCUT2D eigenvalue weighted by Gasteiger charge is -1.93. The van der Waals surface area contributed by atoms with Crippen LogP contribution in [0.25, 0.3) is 0 Å². The average molecular weight is 160 g/mol. The average Bonchev–Trinajstić information content (AvgIpc) is 2.59. The number of nitrogens with zero attached hydrogens (tertiary/aromatic N) is 2. The minimum atomic E-state index is 0.661. The van der Waals surface area contributed by atoms with E-state index in [1.807, 2.05) is 18.2 Å². The van der Waals surface area contributed by atoms with Crippen molar-refractivity contribution >= 4 is 0 Å². The van der Waals surface area contributed by atoms with E-state index in [0.717, 1.165) is 5.69 Å². The summed E-state index contributed by atoms with van der Waals surface area (Å²) in [6.07, 6.45) is 5.63. The molecule has 0 bridgehead atoms. The van der Waals surface area contributed by atoms with Crippen LogP contribution in [0.4, 0.5) is 0 Å². The molecule has 60 valence electrons. The minimum absolute atomic E-state index is 0.661. The van der Waals surface area contributed by atoms with Crippen LogP contribution in [0.1, 0.15) is 11.6 Å². The zero-order valence-electron chi connectivity index (χ0n) is 6.47. The molecule has 3 heteroatoms. The molecule has 0 aliphatic rings. The van der Waals surface area contributed by atoms with Gasteiger partial charge in [-0.25, -0.2) is 4.98 Å². The van der Waals surface area contributed by atoms with Gasteiger partial charge in [-0.3, -0.25) is 4.98 Å². The molecule has 0 amide bonds. The molecule has 0 saturated carbocycles. The smallest absolute Gasteiger partial charge is 0.199 e. The van der Waals surface area contributed by atoms with E-state index in [1.165, 1.54) is 0 Å². The van der Waals surface area contributed by atoms with Crippen molar-refractivity contribution in [2.45, 2.75) is 6.42 Å². The Hall–Kier alpha value is -1.64. The molecule has 2 rings (SSSR count). The van der Waals surface area contributed by atoms with E-state index < -0.39 is 0 Å². The lowest BCUT2D eigenvalue weighted by Crippen LogP contribution is -1.90. The van der Waals surface area contributed by atoms with Gasteiger partial charge in [0.15, 0.2) is 5.89 Å². The molecule has 3 nitrogen and oxygen atoms in total. The predicted octanol–water partition coefficient (Wildman–Crippen LogP) is 1.66. The van der Waals surface area contributed by atoms with Crippen molar-refractivity contribution in [3.63, 3.8) is 0 Å². The number of hydrogen-bond acceptors (Lipinski definition) is 3. The Morgan fingerprint density at radius 2 is 2.17 bits per heavy atom. The molecule has 0 atom stereocenters. The fourth-order valence-electron chi connectivity index (χ4n) is 0.998. The summed E-state index contributed by atoms with van der Waals surface area (Å²) in [6, 6.07) is 5.79. The largest absolute Gasteiger partial charge is 0.449 e. The highest BCUT2D eigenvalue weighted by atomic mass is 16.3. The van der Waals surface area contributed by atoms with E-state index in [9.17, 15) is 0 Å². The number of hydrogen-bond donors (Lipinski definition) is 0. The zero-order chi connectivity index (χ0) is 8.23. The first-order valence-corrected chi connectivity index (χ1v) is 3.73. The monoisotopic (exact) mass is 160 g/mol. The summed E-state index contributed by atoms with van der Waals surface area (Å²) >= 11 is 0. The van der Waals surface area contributed by atoms with Crippen molar-refractivity contribution in [3.8, 4) is 0 Å². The predicted molar refractivity (Wildman–Crippen MR) is 43.5 cm³/mol. The second-order valence-corrected chi connectivity index (χ2v) is 2.42. The Labute approximate surface area is 70.1 Å². The van der Waals surface area contributed by atoms with Crippen LogP contribution in [0.2, 0.25) is 0 Å².